The van der Waals surface area contributed by atoms with Crippen molar-refractivity contribution >= 4 is 17.1 Å². The lowest BCUT2D eigenvalue weighted by molar-refractivity contribution is 0.00578. The van der Waals surface area contributed by atoms with Gasteiger partial charge in [0, 0.05) is 11.4 Å². The van der Waals surface area contributed by atoms with Crippen LogP contribution in [0.25, 0.3) is 0 Å². The van der Waals surface area contributed by atoms with Crippen molar-refractivity contribution in [1.29, 1.82) is 0 Å². The summed E-state index contributed by atoms with van der Waals surface area (Å²) in [6.07, 6.45) is 0.599. The highest BCUT2D eigenvalue weighted by molar-refractivity contribution is 7.90. The van der Waals surface area contributed by atoms with E-state index in [1.165, 1.54) is 0 Å². The molecule has 2 atom stereocenters. The Morgan fingerprint density at radius 1 is 1.10 bits per heavy atom. The molecule has 1 saturated carbocycles. The van der Waals surface area contributed by atoms with E-state index in [2.05, 4.69) is 4.72 Å². The molecule has 2 unspecified atom stereocenters. The van der Waals surface area contributed by atoms with E-state index in [0.717, 1.165) is 0 Å². The lowest BCUT2D eigenvalue weighted by Crippen LogP contribution is -2.43. The Labute approximate surface area is 123 Å². The maximum Gasteiger partial charge on any atom is 0.462 e. The van der Waals surface area contributed by atoms with E-state index >= 15 is 0 Å². The molecule has 5 nitrogen and oxygen atoms in total. The molecule has 116 valence electrons. The maximum atomic E-state index is 12.3. The predicted molar refractivity (Wildman–Crippen MR) is 80.0 cm³/mol. The van der Waals surface area contributed by atoms with E-state index < -0.39 is 39.1 Å². The van der Waals surface area contributed by atoms with Gasteiger partial charge in [0.25, 0.3) is 0 Å². The Balaban J connectivity index is 2.04. The van der Waals surface area contributed by atoms with Gasteiger partial charge in [-0.3, -0.25) is 0 Å². The summed E-state index contributed by atoms with van der Waals surface area (Å²) in [6.45, 7) is 13.4. The highest BCUT2D eigenvalue weighted by Crippen LogP contribution is 2.51. The SMILES string of the molecule is CC(C)(C)NS(=O)(=O)C1CC1B1OC(C)(C)C(C)(C)O1. The van der Waals surface area contributed by atoms with Crippen molar-refractivity contribution in [2.45, 2.75) is 82.7 Å². The number of nitrogens with one attached hydrogen (secondary N) is 1. The van der Waals surface area contributed by atoms with Crippen LogP contribution in [0.3, 0.4) is 0 Å². The first-order chi connectivity index (χ1) is 8.75. The maximum absolute atomic E-state index is 12.3. The van der Waals surface area contributed by atoms with Crippen LogP contribution < -0.4 is 4.72 Å². The van der Waals surface area contributed by atoms with Gasteiger partial charge in [-0.15, -0.1) is 0 Å². The number of rotatable bonds is 3. The van der Waals surface area contributed by atoms with Gasteiger partial charge in [0.1, 0.15) is 0 Å². The van der Waals surface area contributed by atoms with Gasteiger partial charge in [0.2, 0.25) is 10.0 Å². The smallest absolute Gasteiger partial charge is 0.403 e. The minimum atomic E-state index is -3.32. The lowest BCUT2D eigenvalue weighted by Gasteiger charge is -2.32. The molecular formula is C13H26BNO4S. The zero-order valence-corrected chi connectivity index (χ0v) is 14.3. The molecule has 0 aromatic heterocycles. The first-order valence-electron chi connectivity index (χ1n) is 7.14. The Morgan fingerprint density at radius 2 is 1.55 bits per heavy atom. The Kier molecular flexibility index (Phi) is 3.62. The van der Waals surface area contributed by atoms with Gasteiger partial charge in [-0.1, -0.05) is 0 Å². The third kappa shape index (κ3) is 3.05. The van der Waals surface area contributed by atoms with Crippen LogP contribution in [-0.2, 0) is 19.3 Å². The minimum absolute atomic E-state index is 0.0732. The molecule has 0 aromatic rings. The average molecular weight is 303 g/mol. The molecule has 2 fully saturated rings. The van der Waals surface area contributed by atoms with E-state index in [1.807, 2.05) is 48.5 Å². The minimum Gasteiger partial charge on any atom is -0.403 e. The molecule has 1 saturated heterocycles. The molecular weight excluding hydrogens is 277 g/mol. The van der Waals surface area contributed by atoms with Gasteiger partial charge in [-0.2, -0.15) is 0 Å². The molecule has 0 aromatic carbocycles. The first kappa shape index (κ1) is 16.3. The normalized spacial score (nSPS) is 32.5. The monoisotopic (exact) mass is 303 g/mol. The fourth-order valence-electron chi connectivity index (χ4n) is 2.40. The third-order valence-corrected chi connectivity index (χ3v) is 6.48. The Hall–Kier alpha value is -0.105. The second kappa shape index (κ2) is 4.45. The predicted octanol–water partition coefficient (Wildman–Crippen LogP) is 1.94. The van der Waals surface area contributed by atoms with Gasteiger partial charge in [-0.05, 0) is 54.9 Å². The van der Waals surface area contributed by atoms with Crippen molar-refractivity contribution in [3.63, 3.8) is 0 Å². The summed E-state index contributed by atoms with van der Waals surface area (Å²) in [4.78, 5) is 0. The largest absolute Gasteiger partial charge is 0.462 e. The molecule has 0 spiro atoms. The summed E-state index contributed by atoms with van der Waals surface area (Å²) in [5.41, 5.74) is -1.28. The molecule has 1 aliphatic carbocycles. The highest BCUT2D eigenvalue weighted by atomic mass is 32.2. The van der Waals surface area contributed by atoms with Gasteiger partial charge < -0.3 is 9.31 Å². The lowest BCUT2D eigenvalue weighted by atomic mass is 9.82. The van der Waals surface area contributed by atoms with Crippen LogP contribution in [-0.4, -0.2) is 37.5 Å². The molecule has 0 amide bonds. The van der Waals surface area contributed by atoms with Crippen LogP contribution in [0.15, 0.2) is 0 Å². The van der Waals surface area contributed by atoms with Crippen LogP contribution in [0.4, 0.5) is 0 Å². The molecule has 2 rings (SSSR count). The summed E-state index contributed by atoms with van der Waals surface area (Å²) in [5, 5.41) is -0.406. The van der Waals surface area contributed by atoms with Crippen LogP contribution >= 0.6 is 0 Å². The summed E-state index contributed by atoms with van der Waals surface area (Å²) >= 11 is 0. The molecule has 0 bridgehead atoms. The summed E-state index contributed by atoms with van der Waals surface area (Å²) in [5.74, 6) is -0.0732. The van der Waals surface area contributed by atoms with Crippen molar-refractivity contribution in [3.05, 3.63) is 0 Å². The standard InChI is InChI=1S/C13H26BNO4S/c1-11(2,3)15-20(16,17)10-8-9(10)14-18-12(4,5)13(6,7)19-14/h9-10,15H,8H2,1-7H3. The van der Waals surface area contributed by atoms with E-state index in [-0.39, 0.29) is 5.82 Å². The van der Waals surface area contributed by atoms with Gasteiger partial charge in [0.05, 0.1) is 16.5 Å². The van der Waals surface area contributed by atoms with E-state index in [1.54, 1.807) is 0 Å². The fourth-order valence-corrected chi connectivity index (χ4v) is 4.47. The Morgan fingerprint density at radius 3 is 1.95 bits per heavy atom. The van der Waals surface area contributed by atoms with Gasteiger partial charge in [0.15, 0.2) is 0 Å². The second-order valence-corrected chi connectivity index (χ2v) is 9.86. The molecule has 7 heteroatoms. The van der Waals surface area contributed by atoms with Crippen LogP contribution in [0.2, 0.25) is 5.82 Å². The van der Waals surface area contributed by atoms with Crippen LogP contribution in [0.5, 0.6) is 0 Å². The van der Waals surface area contributed by atoms with Crippen LogP contribution in [0, 0.1) is 0 Å². The van der Waals surface area contributed by atoms with Crippen molar-refractivity contribution in [2.24, 2.45) is 0 Å². The van der Waals surface area contributed by atoms with Crippen molar-refractivity contribution in [1.82, 2.24) is 4.72 Å². The third-order valence-electron chi connectivity index (χ3n) is 4.25. The summed E-state index contributed by atoms with van der Waals surface area (Å²) in [6, 6.07) is 0. The zero-order chi connectivity index (χ0) is 15.6. The highest BCUT2D eigenvalue weighted by Gasteiger charge is 2.63. The molecule has 0 radical (unpaired) electrons. The van der Waals surface area contributed by atoms with E-state index in [0.29, 0.717) is 6.42 Å². The quantitative estimate of drug-likeness (QED) is 0.809. The van der Waals surface area contributed by atoms with Gasteiger partial charge in [-0.25, -0.2) is 13.1 Å². The van der Waals surface area contributed by atoms with Crippen molar-refractivity contribution < 1.29 is 17.7 Å². The first-order valence-corrected chi connectivity index (χ1v) is 8.68. The van der Waals surface area contributed by atoms with Gasteiger partial charge >= 0.3 is 7.12 Å². The topological polar surface area (TPSA) is 64.6 Å². The van der Waals surface area contributed by atoms with Crippen molar-refractivity contribution in [3.8, 4) is 0 Å². The van der Waals surface area contributed by atoms with E-state index in [4.69, 9.17) is 9.31 Å². The molecule has 1 aliphatic heterocycles. The number of hydrogen-bond acceptors (Lipinski definition) is 4. The van der Waals surface area contributed by atoms with Crippen LogP contribution in [0.1, 0.15) is 54.9 Å². The molecule has 2 aliphatic rings. The average Bonchev–Trinajstić information content (AvgIpc) is 2.86. The Bertz CT molecular complexity index is 479. The van der Waals surface area contributed by atoms with E-state index in [9.17, 15) is 8.42 Å². The molecule has 20 heavy (non-hydrogen) atoms. The number of sulfonamides is 1. The number of hydrogen-bond donors (Lipinski definition) is 1. The molecule has 1 heterocycles. The summed E-state index contributed by atoms with van der Waals surface area (Å²) < 4.78 is 39.1. The fraction of sp³-hybridized carbons (Fsp3) is 1.00. The zero-order valence-electron chi connectivity index (χ0n) is 13.5. The second-order valence-electron chi connectivity index (χ2n) is 7.96. The molecule has 1 N–H and O–H groups in total. The van der Waals surface area contributed by atoms with Crippen molar-refractivity contribution in [2.75, 3.05) is 0 Å². The summed E-state index contributed by atoms with van der Waals surface area (Å²) in [7, 11) is -3.75.